The highest BCUT2D eigenvalue weighted by molar-refractivity contribution is 7.09. The fraction of sp³-hybridized carbons (Fsp3) is 0.400. The number of para-hydroxylation sites is 1. The number of morpholine rings is 1. The highest BCUT2D eigenvalue weighted by Crippen LogP contribution is 2.22. The zero-order chi connectivity index (χ0) is 17.9. The molecular weight excluding hydrogens is 344 g/mol. The van der Waals surface area contributed by atoms with Gasteiger partial charge in [-0.15, -0.1) is 11.3 Å². The van der Waals surface area contributed by atoms with Crippen LogP contribution in [0.25, 0.3) is 10.9 Å². The molecule has 1 aromatic carbocycles. The van der Waals surface area contributed by atoms with Crippen LogP contribution in [-0.4, -0.2) is 40.2 Å². The Morgan fingerprint density at radius 3 is 2.69 bits per heavy atom. The monoisotopic (exact) mass is 368 g/mol. The lowest BCUT2D eigenvalue weighted by atomic mass is 10.2. The molecule has 0 amide bonds. The van der Waals surface area contributed by atoms with E-state index in [1.165, 1.54) is 4.88 Å². The molecule has 2 aromatic heterocycles. The van der Waals surface area contributed by atoms with Crippen molar-refractivity contribution in [1.29, 1.82) is 0 Å². The van der Waals surface area contributed by atoms with Crippen LogP contribution in [0.3, 0.4) is 0 Å². The molecule has 2 atom stereocenters. The Hall–Kier alpha value is -2.02. The van der Waals surface area contributed by atoms with Crippen molar-refractivity contribution in [2.24, 2.45) is 0 Å². The molecule has 0 radical (unpaired) electrons. The molecule has 4 rings (SSSR count). The van der Waals surface area contributed by atoms with Gasteiger partial charge in [0.1, 0.15) is 11.6 Å². The van der Waals surface area contributed by atoms with E-state index in [0.29, 0.717) is 0 Å². The standard InChI is InChI=1S/C20H24N4OS/c1-14-11-24(12-15(2)25-14)13-19-22-18-8-4-3-7-17(18)20(23-19)21-10-16-6-5-9-26-16/h3-9,14-15H,10-13H2,1-2H3,(H,21,22,23)/t14-,15+. The van der Waals surface area contributed by atoms with E-state index >= 15 is 0 Å². The molecule has 1 N–H and O–H groups in total. The van der Waals surface area contributed by atoms with Gasteiger partial charge >= 0.3 is 0 Å². The van der Waals surface area contributed by atoms with Crippen molar-refractivity contribution < 1.29 is 4.74 Å². The van der Waals surface area contributed by atoms with E-state index in [2.05, 4.69) is 53.7 Å². The number of ether oxygens (including phenoxy) is 1. The van der Waals surface area contributed by atoms with Crippen LogP contribution in [0.4, 0.5) is 5.82 Å². The number of hydrogen-bond donors (Lipinski definition) is 1. The van der Waals surface area contributed by atoms with Gasteiger partial charge in [-0.1, -0.05) is 18.2 Å². The normalized spacial score (nSPS) is 21.2. The molecule has 0 bridgehead atoms. The summed E-state index contributed by atoms with van der Waals surface area (Å²) in [5, 5.41) is 6.67. The van der Waals surface area contributed by atoms with Crippen molar-refractivity contribution in [2.45, 2.75) is 39.1 Å². The van der Waals surface area contributed by atoms with Crippen LogP contribution >= 0.6 is 11.3 Å². The molecular formula is C20H24N4OS. The van der Waals surface area contributed by atoms with E-state index in [9.17, 15) is 0 Å². The number of anilines is 1. The van der Waals surface area contributed by atoms with E-state index in [1.54, 1.807) is 11.3 Å². The molecule has 136 valence electrons. The lowest BCUT2D eigenvalue weighted by molar-refractivity contribution is -0.0710. The summed E-state index contributed by atoms with van der Waals surface area (Å²) in [5.41, 5.74) is 0.987. The smallest absolute Gasteiger partial charge is 0.145 e. The average molecular weight is 369 g/mol. The van der Waals surface area contributed by atoms with Gasteiger partial charge < -0.3 is 10.1 Å². The molecule has 26 heavy (non-hydrogen) atoms. The molecule has 3 heterocycles. The van der Waals surface area contributed by atoms with Crippen molar-refractivity contribution in [3.8, 4) is 0 Å². The lowest BCUT2D eigenvalue weighted by Gasteiger charge is -2.34. The van der Waals surface area contributed by atoms with Gasteiger partial charge in [-0.2, -0.15) is 0 Å². The number of hydrogen-bond acceptors (Lipinski definition) is 6. The van der Waals surface area contributed by atoms with Crippen molar-refractivity contribution in [3.05, 3.63) is 52.5 Å². The highest BCUT2D eigenvalue weighted by atomic mass is 32.1. The van der Waals surface area contributed by atoms with Gasteiger partial charge in [-0.05, 0) is 37.4 Å². The minimum Gasteiger partial charge on any atom is -0.373 e. The fourth-order valence-electron chi connectivity index (χ4n) is 3.53. The lowest BCUT2D eigenvalue weighted by Crippen LogP contribution is -2.45. The molecule has 1 fully saturated rings. The maximum Gasteiger partial charge on any atom is 0.145 e. The second-order valence-electron chi connectivity index (χ2n) is 6.89. The Balaban J connectivity index is 1.58. The van der Waals surface area contributed by atoms with Gasteiger partial charge in [0.25, 0.3) is 0 Å². The molecule has 0 spiro atoms. The number of fused-ring (bicyclic) bond motifs is 1. The van der Waals surface area contributed by atoms with E-state index in [-0.39, 0.29) is 12.2 Å². The van der Waals surface area contributed by atoms with E-state index in [4.69, 9.17) is 14.7 Å². The third kappa shape index (κ3) is 4.03. The van der Waals surface area contributed by atoms with Crippen molar-refractivity contribution in [3.63, 3.8) is 0 Å². The van der Waals surface area contributed by atoms with Crippen molar-refractivity contribution >= 4 is 28.1 Å². The third-order valence-electron chi connectivity index (χ3n) is 4.52. The van der Waals surface area contributed by atoms with Crippen LogP contribution in [0.1, 0.15) is 24.5 Å². The largest absolute Gasteiger partial charge is 0.373 e. The minimum absolute atomic E-state index is 0.246. The summed E-state index contributed by atoms with van der Waals surface area (Å²) in [7, 11) is 0. The molecule has 0 saturated carbocycles. The van der Waals surface area contributed by atoms with Gasteiger partial charge in [-0.3, -0.25) is 4.90 Å². The third-order valence-corrected chi connectivity index (χ3v) is 5.40. The van der Waals surface area contributed by atoms with Gasteiger partial charge in [0.05, 0.1) is 30.8 Å². The Morgan fingerprint density at radius 2 is 1.92 bits per heavy atom. The van der Waals surface area contributed by atoms with Crippen LogP contribution in [0.2, 0.25) is 0 Å². The maximum absolute atomic E-state index is 5.83. The summed E-state index contributed by atoms with van der Waals surface area (Å²) in [6.45, 7) is 7.60. The Morgan fingerprint density at radius 1 is 1.12 bits per heavy atom. The maximum atomic E-state index is 5.83. The molecule has 1 aliphatic rings. The van der Waals surface area contributed by atoms with E-state index < -0.39 is 0 Å². The highest BCUT2D eigenvalue weighted by Gasteiger charge is 2.23. The first-order chi connectivity index (χ1) is 12.7. The first-order valence-electron chi connectivity index (χ1n) is 9.07. The predicted molar refractivity (Wildman–Crippen MR) is 106 cm³/mol. The fourth-order valence-corrected chi connectivity index (χ4v) is 4.17. The number of nitrogens with zero attached hydrogens (tertiary/aromatic N) is 3. The summed E-state index contributed by atoms with van der Waals surface area (Å²) in [5.74, 6) is 1.77. The van der Waals surface area contributed by atoms with E-state index in [0.717, 1.165) is 48.7 Å². The quantitative estimate of drug-likeness (QED) is 0.740. The molecule has 0 unspecified atom stereocenters. The van der Waals surface area contributed by atoms with Gasteiger partial charge in [0, 0.05) is 23.4 Å². The zero-order valence-corrected chi connectivity index (χ0v) is 16.0. The molecule has 5 nitrogen and oxygen atoms in total. The zero-order valence-electron chi connectivity index (χ0n) is 15.2. The van der Waals surface area contributed by atoms with Crippen molar-refractivity contribution in [1.82, 2.24) is 14.9 Å². The van der Waals surface area contributed by atoms with Crippen molar-refractivity contribution in [2.75, 3.05) is 18.4 Å². The number of aromatic nitrogens is 2. The van der Waals surface area contributed by atoms with Crippen LogP contribution in [0.15, 0.2) is 41.8 Å². The first kappa shape index (κ1) is 17.4. The van der Waals surface area contributed by atoms with E-state index in [1.807, 2.05) is 12.1 Å². The summed E-state index contributed by atoms with van der Waals surface area (Å²) in [6, 6.07) is 12.4. The Bertz CT molecular complexity index is 857. The van der Waals surface area contributed by atoms with Gasteiger partial charge in [0.2, 0.25) is 0 Å². The summed E-state index contributed by atoms with van der Waals surface area (Å²) < 4.78 is 5.83. The molecule has 3 aromatic rings. The first-order valence-corrected chi connectivity index (χ1v) is 9.95. The number of thiophene rings is 1. The van der Waals surface area contributed by atoms with Crippen LogP contribution < -0.4 is 5.32 Å². The Labute approximate surface area is 158 Å². The van der Waals surface area contributed by atoms with Gasteiger partial charge in [-0.25, -0.2) is 9.97 Å². The van der Waals surface area contributed by atoms with Crippen LogP contribution in [-0.2, 0) is 17.8 Å². The molecule has 1 saturated heterocycles. The van der Waals surface area contributed by atoms with Crippen LogP contribution in [0.5, 0.6) is 0 Å². The Kier molecular flexibility index (Phi) is 5.15. The number of rotatable bonds is 5. The summed E-state index contributed by atoms with van der Waals surface area (Å²) >= 11 is 1.75. The summed E-state index contributed by atoms with van der Waals surface area (Å²) in [6.07, 6.45) is 0.492. The molecule has 0 aliphatic carbocycles. The average Bonchev–Trinajstić information content (AvgIpc) is 3.12. The minimum atomic E-state index is 0.246. The number of benzene rings is 1. The molecule has 1 aliphatic heterocycles. The second kappa shape index (κ2) is 7.70. The molecule has 6 heteroatoms. The SMILES string of the molecule is C[C@@H]1CN(Cc2nc(NCc3cccs3)c3ccccc3n2)C[C@H](C)O1. The second-order valence-corrected chi connectivity index (χ2v) is 7.92. The topological polar surface area (TPSA) is 50.3 Å². The predicted octanol–water partition coefficient (Wildman–Crippen LogP) is 3.91. The summed E-state index contributed by atoms with van der Waals surface area (Å²) in [4.78, 5) is 13.3. The van der Waals surface area contributed by atoms with Crippen LogP contribution in [0, 0.1) is 0 Å². The van der Waals surface area contributed by atoms with Gasteiger partial charge in [0.15, 0.2) is 0 Å². The number of nitrogens with one attached hydrogen (secondary N) is 1.